The number of unbranched alkanes of at least 4 members (excludes halogenated alkanes) is 4. The van der Waals surface area contributed by atoms with Crippen molar-refractivity contribution in [2.45, 2.75) is 84.5 Å². The van der Waals surface area contributed by atoms with E-state index < -0.39 is 59.6 Å². The fraction of sp³-hybridized carbons (Fsp3) is 0.577. The van der Waals surface area contributed by atoms with Gasteiger partial charge >= 0.3 is 17.9 Å². The van der Waals surface area contributed by atoms with Crippen LogP contribution in [0.2, 0.25) is 0 Å². The molecule has 0 aromatic heterocycles. The van der Waals surface area contributed by atoms with E-state index in [1.54, 1.807) is 0 Å². The topological polar surface area (TPSA) is 157 Å². The molecule has 1 aliphatic heterocycles. The van der Waals surface area contributed by atoms with E-state index in [0.717, 1.165) is 25.7 Å². The molecule has 204 valence electrons. The number of hydrogen-bond acceptors (Lipinski definition) is 9. The zero-order chi connectivity index (χ0) is 27.5. The van der Waals surface area contributed by atoms with Crippen LogP contribution < -0.4 is 10.6 Å². The predicted octanol–water partition coefficient (Wildman–Crippen LogP) is 2.85. The van der Waals surface area contributed by atoms with Crippen LogP contribution in [0.4, 0.5) is 5.69 Å². The molecule has 0 spiro atoms. The lowest BCUT2D eigenvalue weighted by molar-refractivity contribution is -0.166. The summed E-state index contributed by atoms with van der Waals surface area (Å²) in [5, 5.41) is 15.3. The number of nitrogens with one attached hydrogen (secondary N) is 2. The van der Waals surface area contributed by atoms with Crippen LogP contribution in [-0.4, -0.2) is 59.7 Å². The summed E-state index contributed by atoms with van der Waals surface area (Å²) in [6.07, 6.45) is 2.96. The van der Waals surface area contributed by atoms with Crippen molar-refractivity contribution >= 4 is 35.4 Å². The lowest BCUT2D eigenvalue weighted by Crippen LogP contribution is -2.49. The Morgan fingerprint density at radius 3 is 2.43 bits per heavy atom. The smallest absolute Gasteiger partial charge is 0.332 e. The van der Waals surface area contributed by atoms with Crippen molar-refractivity contribution in [3.63, 3.8) is 0 Å². The average Bonchev–Trinajstić information content (AvgIpc) is 2.85. The monoisotopic (exact) mass is 520 g/mol. The van der Waals surface area contributed by atoms with Gasteiger partial charge < -0.3 is 30.0 Å². The number of carbonyl (C=O) groups excluding carboxylic acids is 5. The molecule has 37 heavy (non-hydrogen) atoms. The molecule has 0 saturated carbocycles. The number of hydrogen-bond donors (Lipinski definition) is 3. The number of carbonyl (C=O) groups is 5. The molecule has 11 heteroatoms. The van der Waals surface area contributed by atoms with Gasteiger partial charge in [-0.1, -0.05) is 45.1 Å². The molecule has 2 amide bonds. The van der Waals surface area contributed by atoms with Crippen LogP contribution in [0.1, 0.15) is 76.6 Å². The quantitative estimate of drug-likeness (QED) is 0.183. The molecule has 0 aliphatic carbocycles. The van der Waals surface area contributed by atoms with E-state index in [1.165, 1.54) is 39.0 Å². The molecule has 4 atom stereocenters. The molecule has 1 aromatic rings. The third-order valence-electron chi connectivity index (χ3n) is 5.98. The van der Waals surface area contributed by atoms with Gasteiger partial charge in [-0.25, -0.2) is 4.79 Å². The number of rotatable bonds is 10. The van der Waals surface area contributed by atoms with Crippen LogP contribution >= 0.6 is 0 Å². The summed E-state index contributed by atoms with van der Waals surface area (Å²) < 4.78 is 16.2. The summed E-state index contributed by atoms with van der Waals surface area (Å²) in [5.74, 6) is -4.82. The van der Waals surface area contributed by atoms with Crippen molar-refractivity contribution < 1.29 is 43.3 Å². The molecule has 0 radical (unpaired) electrons. The minimum absolute atomic E-state index is 0.0164. The number of para-hydroxylation sites is 1. The highest BCUT2D eigenvalue weighted by atomic mass is 16.6. The van der Waals surface area contributed by atoms with Gasteiger partial charge in [0, 0.05) is 13.8 Å². The van der Waals surface area contributed by atoms with E-state index in [1.807, 2.05) is 0 Å². The summed E-state index contributed by atoms with van der Waals surface area (Å²) in [6, 6.07) is 2.75. The largest absolute Gasteiger partial charge is 0.505 e. The second-order valence-electron chi connectivity index (χ2n) is 9.06. The molecule has 3 N–H and O–H groups in total. The van der Waals surface area contributed by atoms with E-state index in [9.17, 15) is 29.1 Å². The average molecular weight is 521 g/mol. The Balaban J connectivity index is 2.22. The maximum atomic E-state index is 13.1. The minimum atomic E-state index is -1.40. The molecule has 11 nitrogen and oxygen atoms in total. The van der Waals surface area contributed by atoms with Crippen LogP contribution in [0.5, 0.6) is 5.75 Å². The van der Waals surface area contributed by atoms with Gasteiger partial charge in [0.2, 0.25) is 5.91 Å². The van der Waals surface area contributed by atoms with Crippen LogP contribution in [0.3, 0.4) is 0 Å². The van der Waals surface area contributed by atoms with Crippen molar-refractivity contribution in [2.24, 2.45) is 5.92 Å². The van der Waals surface area contributed by atoms with Gasteiger partial charge in [0.25, 0.3) is 5.91 Å². The van der Waals surface area contributed by atoms with E-state index in [4.69, 9.17) is 14.2 Å². The first-order valence-electron chi connectivity index (χ1n) is 12.5. The number of phenols is 1. The first-order chi connectivity index (χ1) is 17.5. The molecular weight excluding hydrogens is 484 g/mol. The third-order valence-corrected chi connectivity index (χ3v) is 5.98. The maximum Gasteiger partial charge on any atom is 0.332 e. The molecule has 1 heterocycles. The minimum Gasteiger partial charge on any atom is -0.505 e. The van der Waals surface area contributed by atoms with E-state index in [0.29, 0.717) is 12.8 Å². The van der Waals surface area contributed by atoms with Gasteiger partial charge in [-0.2, -0.15) is 0 Å². The number of benzene rings is 1. The van der Waals surface area contributed by atoms with Gasteiger partial charge in [-0.05, 0) is 25.5 Å². The molecule has 2 rings (SSSR count). The van der Waals surface area contributed by atoms with E-state index >= 15 is 0 Å². The number of ether oxygens (including phenoxy) is 3. The predicted molar refractivity (Wildman–Crippen MR) is 133 cm³/mol. The lowest BCUT2D eigenvalue weighted by atomic mass is 9.95. The highest BCUT2D eigenvalue weighted by molar-refractivity contribution is 6.02. The zero-order valence-corrected chi connectivity index (χ0v) is 21.7. The molecule has 1 saturated heterocycles. The van der Waals surface area contributed by atoms with Crippen LogP contribution in [0, 0.1) is 5.92 Å². The SMILES string of the molecule is CCCCCCC[C@H]1C(=O)O[C@H](C)[C@H](NC(=O)c2cccc(NC(C)=O)c2O)C(=O)OC[C@@H]1OC(C)=O. The first-order valence-corrected chi connectivity index (χ1v) is 12.5. The zero-order valence-electron chi connectivity index (χ0n) is 21.7. The van der Waals surface area contributed by atoms with Crippen molar-refractivity contribution in [1.82, 2.24) is 5.32 Å². The first kappa shape index (κ1) is 29.6. The fourth-order valence-electron chi connectivity index (χ4n) is 4.07. The summed E-state index contributed by atoms with van der Waals surface area (Å²) in [7, 11) is 0. The Morgan fingerprint density at radius 1 is 1.08 bits per heavy atom. The normalized spacial score (nSPS) is 21.9. The van der Waals surface area contributed by atoms with E-state index in [-0.39, 0.29) is 17.9 Å². The standard InChI is InChI=1S/C26H36N2O9/c1-5-6-7-8-9-11-18-21(37-17(4)30)14-35-26(34)22(15(2)36-25(18)33)28-24(32)19-12-10-13-20(23(19)31)27-16(3)29/h10,12-13,15,18,21-22,31H,5-9,11,14H2,1-4H3,(H,27,29)(H,28,32)/t15-,18-,21+,22+/m1/s1. The van der Waals surface area contributed by atoms with Crippen LogP contribution in [-0.2, 0) is 33.4 Å². The molecule has 0 unspecified atom stereocenters. The van der Waals surface area contributed by atoms with Crippen molar-refractivity contribution in [3.8, 4) is 5.75 Å². The Kier molecular flexibility index (Phi) is 11.4. The number of aromatic hydroxyl groups is 1. The Bertz CT molecular complexity index is 994. The van der Waals surface area contributed by atoms with E-state index in [2.05, 4.69) is 17.6 Å². The number of amides is 2. The van der Waals surface area contributed by atoms with Gasteiger partial charge in [0.15, 0.2) is 11.8 Å². The second kappa shape index (κ2) is 14.2. The molecule has 1 aliphatic rings. The van der Waals surface area contributed by atoms with Gasteiger partial charge in [-0.3, -0.25) is 19.2 Å². The van der Waals surface area contributed by atoms with Crippen LogP contribution in [0.25, 0.3) is 0 Å². The number of anilines is 1. The Labute approximate surface area is 216 Å². The molecule has 0 bridgehead atoms. The molecular formula is C26H36N2O9. The third kappa shape index (κ3) is 8.76. The van der Waals surface area contributed by atoms with Crippen molar-refractivity contribution in [3.05, 3.63) is 23.8 Å². The molecule has 1 fully saturated rings. The fourth-order valence-corrected chi connectivity index (χ4v) is 4.07. The second-order valence-corrected chi connectivity index (χ2v) is 9.06. The van der Waals surface area contributed by atoms with Gasteiger partial charge in [0.1, 0.15) is 18.8 Å². The number of esters is 3. The summed E-state index contributed by atoms with van der Waals surface area (Å²) in [6.45, 7) is 5.60. The Morgan fingerprint density at radius 2 is 1.78 bits per heavy atom. The number of phenolic OH excluding ortho intramolecular Hbond substituents is 1. The molecule has 1 aromatic carbocycles. The highest BCUT2D eigenvalue weighted by Crippen LogP contribution is 2.28. The van der Waals surface area contributed by atoms with Gasteiger partial charge in [0.05, 0.1) is 17.2 Å². The lowest BCUT2D eigenvalue weighted by Gasteiger charge is -2.25. The summed E-state index contributed by atoms with van der Waals surface area (Å²) in [5.41, 5.74) is -0.192. The maximum absolute atomic E-state index is 13.1. The highest BCUT2D eigenvalue weighted by Gasteiger charge is 2.40. The van der Waals surface area contributed by atoms with Crippen molar-refractivity contribution in [2.75, 3.05) is 11.9 Å². The summed E-state index contributed by atoms with van der Waals surface area (Å²) in [4.78, 5) is 61.9. The Hall–Kier alpha value is -3.63. The summed E-state index contributed by atoms with van der Waals surface area (Å²) >= 11 is 0. The van der Waals surface area contributed by atoms with Gasteiger partial charge in [-0.15, -0.1) is 0 Å². The number of cyclic esters (lactones) is 2. The van der Waals surface area contributed by atoms with Crippen LogP contribution in [0.15, 0.2) is 18.2 Å². The van der Waals surface area contributed by atoms with Crippen molar-refractivity contribution in [1.29, 1.82) is 0 Å².